The van der Waals surface area contributed by atoms with Gasteiger partial charge < -0.3 is 11.5 Å². The van der Waals surface area contributed by atoms with Crippen molar-refractivity contribution in [3.05, 3.63) is 0 Å². The van der Waals surface area contributed by atoms with Crippen LogP contribution in [0.25, 0.3) is 0 Å². The van der Waals surface area contributed by atoms with E-state index < -0.39 is 24.2 Å². The first-order valence-corrected chi connectivity index (χ1v) is 6.01. The molecule has 0 spiro atoms. The Balaban J connectivity index is 2.37. The van der Waals surface area contributed by atoms with Crippen molar-refractivity contribution in [3.63, 3.8) is 0 Å². The molecule has 0 aromatic heterocycles. The van der Waals surface area contributed by atoms with Gasteiger partial charge in [0.2, 0.25) is 5.91 Å². The van der Waals surface area contributed by atoms with E-state index in [1.807, 2.05) is 0 Å². The lowest BCUT2D eigenvalue weighted by Crippen LogP contribution is -2.49. The Morgan fingerprint density at radius 1 is 1.39 bits per heavy atom. The quantitative estimate of drug-likeness (QED) is 0.722. The molecule has 1 saturated carbocycles. The number of halogens is 3. The average molecular weight is 267 g/mol. The van der Waals surface area contributed by atoms with Crippen LogP contribution in [-0.2, 0) is 4.79 Å². The Labute approximate surface area is 104 Å². The number of amides is 1. The summed E-state index contributed by atoms with van der Waals surface area (Å²) < 4.78 is 37.0. The van der Waals surface area contributed by atoms with E-state index in [4.69, 9.17) is 11.5 Å². The van der Waals surface area contributed by atoms with Gasteiger partial charge in [0.05, 0.1) is 12.1 Å². The normalized spacial score (nSPS) is 19.9. The van der Waals surface area contributed by atoms with Crippen LogP contribution >= 0.6 is 0 Å². The van der Waals surface area contributed by atoms with E-state index in [2.05, 4.69) is 0 Å². The molecular formula is C11H20F3N3O. The molecule has 0 aromatic carbocycles. The van der Waals surface area contributed by atoms with Crippen molar-refractivity contribution in [3.8, 4) is 0 Å². The molecular weight excluding hydrogens is 247 g/mol. The number of rotatable bonds is 7. The molecule has 0 bridgehead atoms. The fourth-order valence-electron chi connectivity index (χ4n) is 1.83. The van der Waals surface area contributed by atoms with Gasteiger partial charge in [0.25, 0.3) is 0 Å². The second-order valence-electron chi connectivity index (χ2n) is 5.20. The number of primary amides is 1. The molecule has 18 heavy (non-hydrogen) atoms. The first-order chi connectivity index (χ1) is 8.12. The number of carbonyl (C=O) groups is 1. The molecule has 0 aromatic rings. The number of hydrogen-bond acceptors (Lipinski definition) is 3. The smallest absolute Gasteiger partial charge is 0.368 e. The van der Waals surface area contributed by atoms with Gasteiger partial charge >= 0.3 is 6.18 Å². The van der Waals surface area contributed by atoms with E-state index in [1.165, 1.54) is 11.8 Å². The number of carbonyl (C=O) groups excluding carboxylic acids is 1. The van der Waals surface area contributed by atoms with Crippen LogP contribution in [0.2, 0.25) is 0 Å². The summed E-state index contributed by atoms with van der Waals surface area (Å²) >= 11 is 0. The Kier molecular flexibility index (Phi) is 4.61. The molecule has 106 valence electrons. The third kappa shape index (κ3) is 5.22. The third-order valence-electron chi connectivity index (χ3n) is 3.15. The van der Waals surface area contributed by atoms with Crippen LogP contribution in [0, 0.1) is 0 Å². The predicted octanol–water partition coefficient (Wildman–Crippen LogP) is 0.996. The molecule has 1 unspecified atom stereocenters. The molecule has 7 heteroatoms. The monoisotopic (exact) mass is 267 g/mol. The second kappa shape index (κ2) is 5.44. The standard InChI is InChI=1S/C11H20F3N3O/c1-10(16,9(15)18)5-2-6-17(8-3-4-8)7-11(12,13)14/h8H,2-7,16H2,1H3,(H2,15,18). The maximum Gasteiger partial charge on any atom is 0.401 e. The van der Waals surface area contributed by atoms with Crippen molar-refractivity contribution in [2.45, 2.75) is 50.4 Å². The summed E-state index contributed by atoms with van der Waals surface area (Å²) in [5, 5.41) is 0. The van der Waals surface area contributed by atoms with Crippen molar-refractivity contribution in [1.82, 2.24) is 4.90 Å². The first-order valence-electron chi connectivity index (χ1n) is 6.01. The lowest BCUT2D eigenvalue weighted by Gasteiger charge is -2.26. The van der Waals surface area contributed by atoms with E-state index >= 15 is 0 Å². The largest absolute Gasteiger partial charge is 0.401 e. The van der Waals surface area contributed by atoms with Crippen LogP contribution in [0.4, 0.5) is 13.2 Å². The zero-order valence-corrected chi connectivity index (χ0v) is 10.5. The molecule has 0 heterocycles. The Morgan fingerprint density at radius 2 is 1.94 bits per heavy atom. The van der Waals surface area contributed by atoms with Gasteiger partial charge in [-0.05, 0) is 39.2 Å². The molecule has 1 rings (SSSR count). The Morgan fingerprint density at radius 3 is 2.33 bits per heavy atom. The fourth-order valence-corrected chi connectivity index (χ4v) is 1.83. The first kappa shape index (κ1) is 15.2. The van der Waals surface area contributed by atoms with Gasteiger partial charge in [0, 0.05) is 6.04 Å². The minimum atomic E-state index is -4.18. The molecule has 1 atom stereocenters. The van der Waals surface area contributed by atoms with Crippen LogP contribution < -0.4 is 11.5 Å². The van der Waals surface area contributed by atoms with E-state index in [9.17, 15) is 18.0 Å². The van der Waals surface area contributed by atoms with Gasteiger partial charge in [-0.2, -0.15) is 13.2 Å². The Bertz CT molecular complexity index is 300. The van der Waals surface area contributed by atoms with E-state index in [-0.39, 0.29) is 6.04 Å². The van der Waals surface area contributed by atoms with E-state index in [1.54, 1.807) is 0 Å². The van der Waals surface area contributed by atoms with Gasteiger partial charge in [0.1, 0.15) is 0 Å². The number of nitrogens with zero attached hydrogens (tertiary/aromatic N) is 1. The number of hydrogen-bond donors (Lipinski definition) is 2. The minimum Gasteiger partial charge on any atom is -0.368 e. The lowest BCUT2D eigenvalue weighted by molar-refractivity contribution is -0.147. The summed E-state index contributed by atoms with van der Waals surface area (Å²) in [5.74, 6) is -0.628. The zero-order chi connectivity index (χ0) is 14.0. The SMILES string of the molecule is CC(N)(CCCN(CC(F)(F)F)C1CC1)C(N)=O. The van der Waals surface area contributed by atoms with Crippen molar-refractivity contribution < 1.29 is 18.0 Å². The highest BCUT2D eigenvalue weighted by Gasteiger charge is 2.38. The van der Waals surface area contributed by atoms with Crippen LogP contribution in [0.5, 0.6) is 0 Å². The van der Waals surface area contributed by atoms with Crippen molar-refractivity contribution in [2.24, 2.45) is 11.5 Å². The molecule has 0 saturated heterocycles. The van der Waals surface area contributed by atoms with Gasteiger partial charge in [-0.3, -0.25) is 9.69 Å². The summed E-state index contributed by atoms with van der Waals surface area (Å²) in [7, 11) is 0. The fraction of sp³-hybridized carbons (Fsp3) is 0.909. The predicted molar refractivity (Wildman–Crippen MR) is 61.7 cm³/mol. The molecule has 1 amide bonds. The average Bonchev–Trinajstić information content (AvgIpc) is 2.96. The van der Waals surface area contributed by atoms with E-state index in [0.29, 0.717) is 19.4 Å². The zero-order valence-electron chi connectivity index (χ0n) is 10.5. The maximum absolute atomic E-state index is 12.3. The topological polar surface area (TPSA) is 72.3 Å². The van der Waals surface area contributed by atoms with Gasteiger partial charge in [-0.1, -0.05) is 0 Å². The minimum absolute atomic E-state index is 0.0317. The highest BCUT2D eigenvalue weighted by atomic mass is 19.4. The number of alkyl halides is 3. The van der Waals surface area contributed by atoms with Gasteiger partial charge in [-0.25, -0.2) is 0 Å². The van der Waals surface area contributed by atoms with Crippen molar-refractivity contribution >= 4 is 5.91 Å². The molecule has 1 aliphatic rings. The summed E-state index contributed by atoms with van der Waals surface area (Å²) in [4.78, 5) is 12.4. The van der Waals surface area contributed by atoms with Crippen LogP contribution in [-0.4, -0.2) is 41.7 Å². The van der Waals surface area contributed by atoms with Crippen LogP contribution in [0.15, 0.2) is 0 Å². The highest BCUT2D eigenvalue weighted by molar-refractivity contribution is 5.83. The summed E-state index contributed by atoms with van der Waals surface area (Å²) in [5.41, 5.74) is 9.61. The summed E-state index contributed by atoms with van der Waals surface area (Å²) in [6.45, 7) is 0.903. The van der Waals surface area contributed by atoms with Gasteiger partial charge in [0.15, 0.2) is 0 Å². The van der Waals surface area contributed by atoms with E-state index in [0.717, 1.165) is 12.8 Å². The summed E-state index contributed by atoms with van der Waals surface area (Å²) in [6, 6.07) is 0.0317. The summed E-state index contributed by atoms with van der Waals surface area (Å²) in [6.07, 6.45) is -1.83. The lowest BCUT2D eigenvalue weighted by atomic mass is 9.96. The number of nitrogens with two attached hydrogens (primary N) is 2. The molecule has 0 aliphatic heterocycles. The van der Waals surface area contributed by atoms with Crippen molar-refractivity contribution in [1.29, 1.82) is 0 Å². The van der Waals surface area contributed by atoms with Crippen LogP contribution in [0.1, 0.15) is 32.6 Å². The molecule has 0 radical (unpaired) electrons. The van der Waals surface area contributed by atoms with Gasteiger partial charge in [-0.15, -0.1) is 0 Å². The molecule has 1 fully saturated rings. The maximum atomic E-state index is 12.3. The molecule has 4 nitrogen and oxygen atoms in total. The van der Waals surface area contributed by atoms with Crippen molar-refractivity contribution in [2.75, 3.05) is 13.1 Å². The molecule has 4 N–H and O–H groups in total. The highest BCUT2D eigenvalue weighted by Crippen LogP contribution is 2.30. The second-order valence-corrected chi connectivity index (χ2v) is 5.20. The molecule has 1 aliphatic carbocycles. The van der Waals surface area contributed by atoms with Crippen LogP contribution in [0.3, 0.4) is 0 Å². The third-order valence-corrected chi connectivity index (χ3v) is 3.15. The Hall–Kier alpha value is -0.820.